The molecule has 4 rings (SSSR count). The number of carbonyl (C=O) groups is 1. The molecule has 31 heavy (non-hydrogen) atoms. The molecule has 2 aromatic carbocycles. The number of aromatic nitrogens is 1. The fraction of sp³-hybridized carbons (Fsp3) is 0.407. The molecule has 0 amide bonds. The molecule has 1 aromatic heterocycles. The number of fused-ring (bicyclic) bond motifs is 1. The Labute approximate surface area is 183 Å². The Kier molecular flexibility index (Phi) is 5.99. The van der Waals surface area contributed by atoms with Crippen molar-refractivity contribution in [2.75, 3.05) is 0 Å². The highest BCUT2D eigenvalue weighted by Crippen LogP contribution is 2.39. The second-order valence-electron chi connectivity index (χ2n) is 9.61. The van der Waals surface area contributed by atoms with Gasteiger partial charge in [-0.25, -0.2) is 0 Å². The number of benzene rings is 2. The first-order chi connectivity index (χ1) is 14.8. The summed E-state index contributed by atoms with van der Waals surface area (Å²) in [6.45, 7) is 6.26. The maximum absolute atomic E-state index is 13.0. The largest absolute Gasteiger partial charge is 0.459 e. The quantitative estimate of drug-likeness (QED) is 0.503. The molecular formula is C27H31NO3. The van der Waals surface area contributed by atoms with Crippen molar-refractivity contribution in [1.82, 2.24) is 4.57 Å². The number of ether oxygens (including phenoxy) is 1. The molecule has 1 fully saturated rings. The summed E-state index contributed by atoms with van der Waals surface area (Å²) in [5, 5.41) is 1.05. The first-order valence-electron chi connectivity index (χ1n) is 11.2. The molecule has 3 aromatic rings. The van der Waals surface area contributed by atoms with Crippen LogP contribution in [0.3, 0.4) is 0 Å². The van der Waals surface area contributed by atoms with E-state index in [-0.39, 0.29) is 17.4 Å². The summed E-state index contributed by atoms with van der Waals surface area (Å²) in [7, 11) is 0. The van der Waals surface area contributed by atoms with Gasteiger partial charge in [0.15, 0.2) is 0 Å². The van der Waals surface area contributed by atoms with Crippen LogP contribution in [0.2, 0.25) is 0 Å². The standard InChI is InChI=1S/C27H31NO3/c1-27(2,3)31-26(30)25(21-9-4-5-10-21)22-14-12-19(13-15-22)18-28-23-11-7-6-8-20(23)16-17-24(28)29/h6-8,11-17,21,25H,4-5,9-10,18H2,1-3H3. The van der Waals surface area contributed by atoms with Gasteiger partial charge < -0.3 is 9.30 Å². The van der Waals surface area contributed by atoms with Crippen LogP contribution in [0, 0.1) is 5.92 Å². The molecule has 1 aliphatic rings. The normalized spacial score (nSPS) is 15.8. The number of rotatable bonds is 5. The average Bonchev–Trinajstić information content (AvgIpc) is 3.24. The van der Waals surface area contributed by atoms with E-state index in [9.17, 15) is 9.59 Å². The predicted octanol–water partition coefficient (Wildman–Crippen LogP) is 5.67. The van der Waals surface area contributed by atoms with Crippen LogP contribution < -0.4 is 5.56 Å². The van der Waals surface area contributed by atoms with Gasteiger partial charge in [-0.15, -0.1) is 0 Å². The Balaban J connectivity index is 1.61. The van der Waals surface area contributed by atoms with Gasteiger partial charge >= 0.3 is 5.97 Å². The van der Waals surface area contributed by atoms with Crippen molar-refractivity contribution in [2.24, 2.45) is 5.92 Å². The maximum atomic E-state index is 13.0. The van der Waals surface area contributed by atoms with E-state index in [4.69, 9.17) is 4.74 Å². The molecule has 4 nitrogen and oxygen atoms in total. The summed E-state index contributed by atoms with van der Waals surface area (Å²) in [6.07, 6.45) is 4.48. The van der Waals surface area contributed by atoms with Crippen LogP contribution in [0.25, 0.3) is 10.9 Å². The van der Waals surface area contributed by atoms with E-state index in [0.29, 0.717) is 12.5 Å². The Morgan fingerprint density at radius 2 is 1.68 bits per heavy atom. The zero-order valence-electron chi connectivity index (χ0n) is 18.6. The molecule has 0 radical (unpaired) electrons. The van der Waals surface area contributed by atoms with Crippen LogP contribution in [0.4, 0.5) is 0 Å². The van der Waals surface area contributed by atoms with Gasteiger partial charge in [0.05, 0.1) is 18.0 Å². The van der Waals surface area contributed by atoms with Gasteiger partial charge in [0.2, 0.25) is 0 Å². The smallest absolute Gasteiger partial charge is 0.314 e. The highest BCUT2D eigenvalue weighted by molar-refractivity contribution is 5.79. The first kappa shape index (κ1) is 21.4. The molecule has 0 N–H and O–H groups in total. The lowest BCUT2D eigenvalue weighted by atomic mass is 9.84. The molecule has 162 valence electrons. The third-order valence-corrected chi connectivity index (χ3v) is 6.11. The highest BCUT2D eigenvalue weighted by Gasteiger charge is 2.35. The fourth-order valence-electron chi connectivity index (χ4n) is 4.68. The minimum atomic E-state index is -0.497. The van der Waals surface area contributed by atoms with Gasteiger partial charge in [-0.05, 0) is 68.2 Å². The number of nitrogens with zero attached hydrogens (tertiary/aromatic N) is 1. The zero-order chi connectivity index (χ0) is 22.0. The van der Waals surface area contributed by atoms with Crippen LogP contribution >= 0.6 is 0 Å². The van der Waals surface area contributed by atoms with E-state index >= 15 is 0 Å². The molecule has 0 spiro atoms. The Morgan fingerprint density at radius 3 is 2.35 bits per heavy atom. The van der Waals surface area contributed by atoms with Gasteiger partial charge in [-0.3, -0.25) is 9.59 Å². The summed E-state index contributed by atoms with van der Waals surface area (Å²) in [5.41, 5.74) is 2.47. The van der Waals surface area contributed by atoms with E-state index in [2.05, 4.69) is 0 Å². The van der Waals surface area contributed by atoms with E-state index in [1.807, 2.05) is 75.4 Å². The maximum Gasteiger partial charge on any atom is 0.314 e. The third kappa shape index (κ3) is 4.90. The molecule has 1 aliphatic carbocycles. The van der Waals surface area contributed by atoms with Crippen LogP contribution in [-0.4, -0.2) is 16.1 Å². The zero-order valence-corrected chi connectivity index (χ0v) is 18.6. The van der Waals surface area contributed by atoms with Crippen molar-refractivity contribution < 1.29 is 9.53 Å². The van der Waals surface area contributed by atoms with Crippen LogP contribution in [0.1, 0.15) is 63.5 Å². The highest BCUT2D eigenvalue weighted by atomic mass is 16.6. The van der Waals surface area contributed by atoms with Crippen molar-refractivity contribution in [3.8, 4) is 0 Å². The predicted molar refractivity (Wildman–Crippen MR) is 124 cm³/mol. The van der Waals surface area contributed by atoms with Crippen molar-refractivity contribution >= 4 is 16.9 Å². The lowest BCUT2D eigenvalue weighted by molar-refractivity contribution is -0.158. The van der Waals surface area contributed by atoms with Crippen molar-refractivity contribution in [1.29, 1.82) is 0 Å². The number of pyridine rings is 1. The lowest BCUT2D eigenvalue weighted by Gasteiger charge is -2.27. The molecule has 4 heteroatoms. The summed E-state index contributed by atoms with van der Waals surface area (Å²) in [6, 6.07) is 19.6. The number of esters is 1. The topological polar surface area (TPSA) is 48.3 Å². The molecule has 0 saturated heterocycles. The molecule has 0 aliphatic heterocycles. The average molecular weight is 418 g/mol. The second kappa shape index (κ2) is 8.70. The third-order valence-electron chi connectivity index (χ3n) is 6.11. The minimum Gasteiger partial charge on any atom is -0.459 e. The second-order valence-corrected chi connectivity index (χ2v) is 9.61. The Morgan fingerprint density at radius 1 is 1.00 bits per heavy atom. The van der Waals surface area contributed by atoms with Crippen molar-refractivity contribution in [3.63, 3.8) is 0 Å². The number of hydrogen-bond donors (Lipinski definition) is 0. The SMILES string of the molecule is CC(C)(C)OC(=O)C(c1ccc(Cn2c(=O)ccc3ccccc32)cc1)C1CCCC1. The fourth-order valence-corrected chi connectivity index (χ4v) is 4.68. The van der Waals surface area contributed by atoms with E-state index in [1.165, 1.54) is 12.8 Å². The summed E-state index contributed by atoms with van der Waals surface area (Å²) < 4.78 is 7.57. The molecule has 1 unspecified atom stereocenters. The van der Waals surface area contributed by atoms with Crippen LogP contribution in [-0.2, 0) is 16.1 Å². The molecule has 1 atom stereocenters. The van der Waals surface area contributed by atoms with Gasteiger partial charge in [0.25, 0.3) is 5.56 Å². The van der Waals surface area contributed by atoms with Gasteiger partial charge in [0, 0.05) is 6.07 Å². The molecular weight excluding hydrogens is 386 g/mol. The van der Waals surface area contributed by atoms with Crippen LogP contribution in [0.5, 0.6) is 0 Å². The van der Waals surface area contributed by atoms with Gasteiger partial charge in [-0.2, -0.15) is 0 Å². The Hall–Kier alpha value is -2.88. The van der Waals surface area contributed by atoms with Crippen LogP contribution in [0.15, 0.2) is 65.5 Å². The minimum absolute atomic E-state index is 0.0136. The van der Waals surface area contributed by atoms with Crippen molar-refractivity contribution in [3.05, 3.63) is 82.1 Å². The molecule has 0 bridgehead atoms. The summed E-state index contributed by atoms with van der Waals surface area (Å²) in [4.78, 5) is 25.6. The number of hydrogen-bond acceptors (Lipinski definition) is 3. The summed E-state index contributed by atoms with van der Waals surface area (Å²) >= 11 is 0. The first-order valence-corrected chi connectivity index (χ1v) is 11.2. The number of para-hydroxylation sites is 1. The molecule has 1 heterocycles. The van der Waals surface area contributed by atoms with Gasteiger partial charge in [-0.1, -0.05) is 55.3 Å². The lowest BCUT2D eigenvalue weighted by Crippen LogP contribution is -2.30. The van der Waals surface area contributed by atoms with Gasteiger partial charge in [0.1, 0.15) is 5.60 Å². The van der Waals surface area contributed by atoms with E-state index < -0.39 is 5.60 Å². The Bertz CT molecular complexity index is 1120. The van der Waals surface area contributed by atoms with E-state index in [0.717, 1.165) is 34.9 Å². The van der Waals surface area contributed by atoms with Crippen molar-refractivity contribution in [2.45, 2.75) is 64.5 Å². The van der Waals surface area contributed by atoms with E-state index in [1.54, 1.807) is 10.6 Å². The molecule has 1 saturated carbocycles. The monoisotopic (exact) mass is 417 g/mol. The summed E-state index contributed by atoms with van der Waals surface area (Å²) in [5.74, 6) is -0.0186. The number of carbonyl (C=O) groups excluding carboxylic acids is 1.